The third-order valence-electron chi connectivity index (χ3n) is 2.77. The summed E-state index contributed by atoms with van der Waals surface area (Å²) >= 11 is 0. The average molecular weight is 304 g/mol. The van der Waals surface area contributed by atoms with E-state index in [-0.39, 0.29) is 5.88 Å². The van der Waals surface area contributed by atoms with Crippen molar-refractivity contribution in [3.05, 3.63) is 23.4 Å². The van der Waals surface area contributed by atoms with Gasteiger partial charge in [0.25, 0.3) is 0 Å². The van der Waals surface area contributed by atoms with Gasteiger partial charge in [0.15, 0.2) is 0 Å². The third-order valence-corrected chi connectivity index (χ3v) is 2.77. The maximum atomic E-state index is 12.1. The Bertz CT molecular complexity index is 433. The van der Waals surface area contributed by atoms with Crippen LogP contribution in [0.25, 0.3) is 0 Å². The van der Waals surface area contributed by atoms with Gasteiger partial charge in [0.2, 0.25) is 5.88 Å². The summed E-state index contributed by atoms with van der Waals surface area (Å²) in [4.78, 5) is 4.25. The molecule has 1 rings (SSSR count). The van der Waals surface area contributed by atoms with Gasteiger partial charge in [-0.1, -0.05) is 27.2 Å². The smallest absolute Gasteiger partial charge is 0.392 e. The zero-order valence-corrected chi connectivity index (χ0v) is 12.8. The van der Waals surface area contributed by atoms with Gasteiger partial charge >= 0.3 is 6.18 Å². The summed E-state index contributed by atoms with van der Waals surface area (Å²) in [5, 5.41) is 3.28. The molecule has 0 saturated carbocycles. The van der Waals surface area contributed by atoms with Crippen molar-refractivity contribution in [2.75, 3.05) is 6.61 Å². The van der Waals surface area contributed by atoms with Crippen molar-refractivity contribution in [3.8, 4) is 5.88 Å². The zero-order chi connectivity index (χ0) is 15.9. The molecule has 21 heavy (non-hydrogen) atoms. The number of pyridine rings is 1. The minimum atomic E-state index is -4.21. The first-order valence-electron chi connectivity index (χ1n) is 7.23. The molecule has 0 atom stereocenters. The van der Waals surface area contributed by atoms with Gasteiger partial charge in [-0.25, -0.2) is 4.98 Å². The van der Waals surface area contributed by atoms with Crippen molar-refractivity contribution in [1.82, 2.24) is 10.3 Å². The SMILES string of the molecule is CCCc1cc(CNC(C)C)cc(OCCC(F)(F)F)n1. The number of hydrogen-bond acceptors (Lipinski definition) is 3. The third kappa shape index (κ3) is 7.90. The predicted octanol–water partition coefficient (Wildman–Crippen LogP) is 3.86. The number of nitrogens with one attached hydrogen (secondary N) is 1. The van der Waals surface area contributed by atoms with E-state index >= 15 is 0 Å². The van der Waals surface area contributed by atoms with Crippen molar-refractivity contribution in [2.45, 2.75) is 58.8 Å². The Kier molecular flexibility index (Phi) is 6.95. The number of alkyl halides is 3. The minimum Gasteiger partial charge on any atom is -0.477 e. The molecule has 1 aromatic rings. The molecule has 0 aromatic carbocycles. The fourth-order valence-electron chi connectivity index (χ4n) is 1.77. The maximum Gasteiger partial charge on any atom is 0.392 e. The van der Waals surface area contributed by atoms with Crippen LogP contribution in [0.4, 0.5) is 13.2 Å². The molecule has 6 heteroatoms. The largest absolute Gasteiger partial charge is 0.477 e. The standard InChI is InChI=1S/C15H23F3N2O/c1-4-5-13-8-12(10-19-11(2)3)9-14(20-13)21-7-6-15(16,17)18/h8-9,11,19H,4-7,10H2,1-3H3. The quantitative estimate of drug-likeness (QED) is 0.792. The van der Waals surface area contributed by atoms with E-state index in [0.29, 0.717) is 12.6 Å². The van der Waals surface area contributed by atoms with E-state index in [1.54, 1.807) is 6.07 Å². The summed E-state index contributed by atoms with van der Waals surface area (Å²) in [6.45, 7) is 6.35. The first kappa shape index (κ1) is 17.8. The minimum absolute atomic E-state index is 0.269. The lowest BCUT2D eigenvalue weighted by Crippen LogP contribution is -2.22. The number of rotatable bonds is 8. The number of halogens is 3. The molecule has 0 radical (unpaired) electrons. The van der Waals surface area contributed by atoms with Gasteiger partial charge in [0.1, 0.15) is 0 Å². The van der Waals surface area contributed by atoms with Crippen LogP contribution in [0, 0.1) is 0 Å². The average Bonchev–Trinajstić information content (AvgIpc) is 2.35. The molecule has 0 fully saturated rings. The molecule has 0 saturated heterocycles. The van der Waals surface area contributed by atoms with Crippen molar-refractivity contribution in [1.29, 1.82) is 0 Å². The van der Waals surface area contributed by atoms with Gasteiger partial charge in [-0.15, -0.1) is 0 Å². The summed E-state index contributed by atoms with van der Waals surface area (Å²) in [5.41, 5.74) is 1.83. The van der Waals surface area contributed by atoms with Crippen LogP contribution < -0.4 is 10.1 Å². The second-order valence-corrected chi connectivity index (χ2v) is 5.30. The van der Waals surface area contributed by atoms with Crippen LogP contribution in [0.2, 0.25) is 0 Å². The highest BCUT2D eigenvalue weighted by atomic mass is 19.4. The van der Waals surface area contributed by atoms with E-state index in [1.165, 1.54) is 0 Å². The summed E-state index contributed by atoms with van der Waals surface area (Å²) in [7, 11) is 0. The number of nitrogens with zero attached hydrogens (tertiary/aromatic N) is 1. The Morgan fingerprint density at radius 2 is 2.00 bits per heavy atom. The molecule has 0 unspecified atom stereocenters. The number of aryl methyl sites for hydroxylation is 1. The number of hydrogen-bond donors (Lipinski definition) is 1. The van der Waals surface area contributed by atoms with Gasteiger partial charge < -0.3 is 10.1 Å². The molecule has 0 aliphatic heterocycles. The topological polar surface area (TPSA) is 34.1 Å². The van der Waals surface area contributed by atoms with Crippen LogP contribution >= 0.6 is 0 Å². The molecular formula is C15H23F3N2O. The molecule has 3 nitrogen and oxygen atoms in total. The van der Waals surface area contributed by atoms with Crippen molar-refractivity contribution in [2.24, 2.45) is 0 Å². The lowest BCUT2D eigenvalue weighted by atomic mass is 10.1. The van der Waals surface area contributed by atoms with Gasteiger partial charge in [0.05, 0.1) is 13.0 Å². The second-order valence-electron chi connectivity index (χ2n) is 5.30. The summed E-state index contributed by atoms with van der Waals surface area (Å²) < 4.78 is 41.6. The monoisotopic (exact) mass is 304 g/mol. The van der Waals surface area contributed by atoms with Gasteiger partial charge in [0, 0.05) is 24.3 Å². The molecular weight excluding hydrogens is 281 g/mol. The van der Waals surface area contributed by atoms with Crippen LogP contribution in [-0.2, 0) is 13.0 Å². The summed E-state index contributed by atoms with van der Waals surface area (Å²) in [6, 6.07) is 4.00. The fraction of sp³-hybridized carbons (Fsp3) is 0.667. The lowest BCUT2D eigenvalue weighted by molar-refractivity contribution is -0.139. The molecule has 1 N–H and O–H groups in total. The van der Waals surface area contributed by atoms with Gasteiger partial charge in [-0.3, -0.25) is 0 Å². The van der Waals surface area contributed by atoms with E-state index < -0.39 is 19.2 Å². The number of ether oxygens (including phenoxy) is 1. The normalized spacial score (nSPS) is 12.0. The fourth-order valence-corrected chi connectivity index (χ4v) is 1.77. The molecule has 0 aliphatic carbocycles. The lowest BCUT2D eigenvalue weighted by Gasteiger charge is -2.13. The Morgan fingerprint density at radius 3 is 2.57 bits per heavy atom. The van der Waals surface area contributed by atoms with E-state index in [0.717, 1.165) is 24.1 Å². The molecule has 0 bridgehead atoms. The first-order chi connectivity index (χ1) is 9.80. The zero-order valence-electron chi connectivity index (χ0n) is 12.8. The van der Waals surface area contributed by atoms with Crippen LogP contribution in [0.3, 0.4) is 0 Å². The Labute approximate surface area is 123 Å². The number of aromatic nitrogens is 1. The van der Waals surface area contributed by atoms with Crippen LogP contribution in [0.1, 0.15) is 44.9 Å². The Morgan fingerprint density at radius 1 is 1.29 bits per heavy atom. The Hall–Kier alpha value is -1.30. The van der Waals surface area contributed by atoms with Crippen LogP contribution in [0.5, 0.6) is 5.88 Å². The van der Waals surface area contributed by atoms with Gasteiger partial charge in [-0.2, -0.15) is 13.2 Å². The summed E-state index contributed by atoms with van der Waals surface area (Å²) in [6.07, 6.45) is -3.46. The van der Waals surface area contributed by atoms with E-state index in [1.807, 2.05) is 26.8 Å². The molecule has 1 aromatic heterocycles. The van der Waals surface area contributed by atoms with E-state index in [9.17, 15) is 13.2 Å². The first-order valence-corrected chi connectivity index (χ1v) is 7.23. The molecule has 1 heterocycles. The summed E-state index contributed by atoms with van der Waals surface area (Å²) in [5.74, 6) is 0.269. The van der Waals surface area contributed by atoms with Crippen molar-refractivity contribution < 1.29 is 17.9 Å². The van der Waals surface area contributed by atoms with Gasteiger partial charge in [-0.05, 0) is 18.1 Å². The van der Waals surface area contributed by atoms with Crippen LogP contribution in [-0.4, -0.2) is 23.8 Å². The van der Waals surface area contributed by atoms with Crippen LogP contribution in [0.15, 0.2) is 12.1 Å². The molecule has 0 spiro atoms. The second kappa shape index (κ2) is 8.22. The van der Waals surface area contributed by atoms with E-state index in [4.69, 9.17) is 4.74 Å². The maximum absolute atomic E-state index is 12.1. The predicted molar refractivity (Wildman–Crippen MR) is 76.4 cm³/mol. The highest BCUT2D eigenvalue weighted by molar-refractivity contribution is 5.25. The molecule has 0 amide bonds. The molecule has 120 valence electrons. The van der Waals surface area contributed by atoms with Crippen molar-refractivity contribution in [3.63, 3.8) is 0 Å². The Balaban J connectivity index is 2.71. The molecule has 0 aliphatic rings. The van der Waals surface area contributed by atoms with Crippen molar-refractivity contribution >= 4 is 0 Å². The highest BCUT2D eigenvalue weighted by Crippen LogP contribution is 2.20. The van der Waals surface area contributed by atoms with E-state index in [2.05, 4.69) is 10.3 Å². The highest BCUT2D eigenvalue weighted by Gasteiger charge is 2.26.